The third-order valence-corrected chi connectivity index (χ3v) is 9.41. The number of aromatic amines is 2. The second-order valence-corrected chi connectivity index (χ2v) is 13.7. The molecule has 1 aliphatic rings. The second-order valence-electron chi connectivity index (χ2n) is 13.7. The first-order valence-electron chi connectivity index (χ1n) is 17.7. The van der Waals surface area contributed by atoms with Gasteiger partial charge in [0.2, 0.25) is 11.8 Å². The predicted octanol–water partition coefficient (Wildman–Crippen LogP) is 6.93. The Morgan fingerprint density at radius 2 is 1.80 bits per heavy atom. The standard InChI is InChI=1S/C39H47N7O5/c1-7-9-36(47)45(19-23(3)4)20-34-40-17-32(43-34)26-10-12-28-27(14-26)22-51-33-16-29-25(15-30(28)33)11-13-31-38(29)44-35(42-31)21-46(24(5)8-2)37(48)18-41-39(49)50-6/h10-17,23-24H,7-9,18-22H2,1-6H3,(H,40,43)(H,41,49)(H,42,44)/t24-/m0/s1. The molecule has 6 rings (SSSR count). The molecule has 1 atom stereocenters. The number of ether oxygens (including phenoxy) is 2. The number of methoxy groups -OCH3 is 1. The fourth-order valence-electron chi connectivity index (χ4n) is 6.61. The van der Waals surface area contributed by atoms with Crippen molar-refractivity contribution in [2.45, 2.75) is 79.6 Å². The average molecular weight is 694 g/mol. The molecular weight excluding hydrogens is 646 g/mol. The number of imidazole rings is 2. The fraction of sp³-hybridized carbons (Fsp3) is 0.410. The molecule has 3 aromatic carbocycles. The minimum absolute atomic E-state index is 0.0560. The van der Waals surface area contributed by atoms with E-state index in [4.69, 9.17) is 9.72 Å². The summed E-state index contributed by atoms with van der Waals surface area (Å²) in [6.07, 6.45) is 3.29. The monoisotopic (exact) mass is 693 g/mol. The maximum absolute atomic E-state index is 13.1. The summed E-state index contributed by atoms with van der Waals surface area (Å²) in [5.41, 5.74) is 6.78. The number of amides is 3. The van der Waals surface area contributed by atoms with Gasteiger partial charge in [-0.15, -0.1) is 0 Å². The number of aromatic nitrogens is 4. The molecule has 3 heterocycles. The minimum Gasteiger partial charge on any atom is -0.488 e. The third kappa shape index (κ3) is 7.69. The molecule has 0 aliphatic carbocycles. The highest BCUT2D eigenvalue weighted by atomic mass is 16.5. The molecule has 268 valence electrons. The van der Waals surface area contributed by atoms with Crippen LogP contribution in [0.5, 0.6) is 5.75 Å². The van der Waals surface area contributed by atoms with Crippen LogP contribution >= 0.6 is 0 Å². The molecule has 0 saturated carbocycles. The van der Waals surface area contributed by atoms with E-state index in [1.54, 1.807) is 4.90 Å². The molecule has 12 heteroatoms. The lowest BCUT2D eigenvalue weighted by Crippen LogP contribution is -2.44. The average Bonchev–Trinajstić information content (AvgIpc) is 3.78. The van der Waals surface area contributed by atoms with Crippen LogP contribution < -0.4 is 10.1 Å². The van der Waals surface area contributed by atoms with E-state index in [0.29, 0.717) is 37.9 Å². The molecule has 0 fully saturated rings. The molecule has 3 N–H and O–H groups in total. The highest BCUT2D eigenvalue weighted by Gasteiger charge is 2.24. The summed E-state index contributed by atoms with van der Waals surface area (Å²) in [5, 5.41) is 4.46. The maximum atomic E-state index is 13.1. The van der Waals surface area contributed by atoms with Crippen molar-refractivity contribution in [3.63, 3.8) is 0 Å². The van der Waals surface area contributed by atoms with Crippen LogP contribution in [0.15, 0.2) is 48.7 Å². The van der Waals surface area contributed by atoms with E-state index in [9.17, 15) is 14.4 Å². The minimum atomic E-state index is -0.649. The summed E-state index contributed by atoms with van der Waals surface area (Å²) in [6, 6.07) is 14.6. The number of benzene rings is 3. The quantitative estimate of drug-likeness (QED) is 0.121. The number of hydrogen-bond donors (Lipinski definition) is 3. The van der Waals surface area contributed by atoms with Crippen LogP contribution in [0.2, 0.25) is 0 Å². The summed E-state index contributed by atoms with van der Waals surface area (Å²) in [4.78, 5) is 57.4. The van der Waals surface area contributed by atoms with Crippen LogP contribution in [0.25, 0.3) is 44.2 Å². The Morgan fingerprint density at radius 3 is 2.55 bits per heavy atom. The summed E-state index contributed by atoms with van der Waals surface area (Å²) in [5.74, 6) is 2.52. The number of carbonyl (C=O) groups excluding carboxylic acids is 3. The number of fused-ring (bicyclic) bond motifs is 6. The normalized spacial score (nSPS) is 12.7. The van der Waals surface area contributed by atoms with Crippen molar-refractivity contribution in [3.05, 3.63) is 65.9 Å². The van der Waals surface area contributed by atoms with Gasteiger partial charge in [-0.25, -0.2) is 14.8 Å². The van der Waals surface area contributed by atoms with E-state index in [-0.39, 0.29) is 30.9 Å². The van der Waals surface area contributed by atoms with Crippen molar-refractivity contribution in [2.75, 3.05) is 20.2 Å². The Bertz CT molecular complexity index is 2070. The Balaban J connectivity index is 1.24. The number of nitrogens with one attached hydrogen (secondary N) is 3. The number of carbonyl (C=O) groups is 3. The molecule has 12 nitrogen and oxygen atoms in total. The molecular formula is C39H47N7O5. The molecule has 1 aliphatic heterocycles. The van der Waals surface area contributed by atoms with Gasteiger partial charge in [-0.3, -0.25) is 9.59 Å². The number of rotatable bonds is 13. The molecule has 0 bridgehead atoms. The Morgan fingerprint density at radius 1 is 0.980 bits per heavy atom. The van der Waals surface area contributed by atoms with Crippen LogP contribution in [-0.2, 0) is 34.0 Å². The molecule has 0 spiro atoms. The lowest BCUT2D eigenvalue weighted by atomic mass is 9.92. The number of alkyl carbamates (subject to hydrolysis) is 1. The van der Waals surface area contributed by atoms with E-state index in [0.717, 1.165) is 74.2 Å². The van der Waals surface area contributed by atoms with Gasteiger partial charge in [0, 0.05) is 30.0 Å². The Kier molecular flexibility index (Phi) is 10.6. The van der Waals surface area contributed by atoms with Crippen LogP contribution in [-0.4, -0.2) is 73.9 Å². The van der Waals surface area contributed by atoms with Crippen LogP contribution in [0.1, 0.15) is 71.1 Å². The Hall–Kier alpha value is -5.39. The van der Waals surface area contributed by atoms with Crippen LogP contribution in [0.3, 0.4) is 0 Å². The predicted molar refractivity (Wildman–Crippen MR) is 197 cm³/mol. The van der Waals surface area contributed by atoms with Gasteiger partial charge in [-0.2, -0.15) is 0 Å². The smallest absolute Gasteiger partial charge is 0.407 e. The van der Waals surface area contributed by atoms with Gasteiger partial charge in [0.15, 0.2) is 0 Å². The van der Waals surface area contributed by atoms with Gasteiger partial charge in [-0.1, -0.05) is 45.9 Å². The number of hydrogen-bond acceptors (Lipinski definition) is 7. The SMILES string of the molecule is CCCC(=O)N(Cc1ncc(-c2ccc3c(c2)COc2cc4c(ccc5[nH]c(CN(C(=O)CNC(=O)OC)[C@@H](C)CC)nc54)cc2-3)[nH]1)CC(C)C. The first kappa shape index (κ1) is 35.4. The van der Waals surface area contributed by atoms with E-state index in [1.165, 1.54) is 7.11 Å². The topological polar surface area (TPSA) is 146 Å². The first-order valence-corrected chi connectivity index (χ1v) is 17.7. The van der Waals surface area contributed by atoms with Crippen molar-refractivity contribution in [1.82, 2.24) is 35.1 Å². The zero-order chi connectivity index (χ0) is 36.2. The highest BCUT2D eigenvalue weighted by Crippen LogP contribution is 2.42. The summed E-state index contributed by atoms with van der Waals surface area (Å²) in [7, 11) is 1.27. The fourth-order valence-corrected chi connectivity index (χ4v) is 6.61. The van der Waals surface area contributed by atoms with E-state index in [1.807, 2.05) is 37.9 Å². The molecule has 0 saturated heterocycles. The second kappa shape index (κ2) is 15.2. The van der Waals surface area contributed by atoms with Crippen molar-refractivity contribution < 1.29 is 23.9 Å². The van der Waals surface area contributed by atoms with Crippen molar-refractivity contribution in [2.24, 2.45) is 5.92 Å². The van der Waals surface area contributed by atoms with Gasteiger partial charge < -0.3 is 34.6 Å². The van der Waals surface area contributed by atoms with Gasteiger partial charge >= 0.3 is 6.09 Å². The van der Waals surface area contributed by atoms with Crippen molar-refractivity contribution in [1.29, 1.82) is 0 Å². The third-order valence-electron chi connectivity index (χ3n) is 9.41. The van der Waals surface area contributed by atoms with Gasteiger partial charge in [0.1, 0.15) is 30.5 Å². The van der Waals surface area contributed by atoms with E-state index >= 15 is 0 Å². The van der Waals surface area contributed by atoms with Crippen LogP contribution in [0.4, 0.5) is 4.79 Å². The largest absolute Gasteiger partial charge is 0.488 e. The van der Waals surface area contributed by atoms with Gasteiger partial charge in [-0.05, 0) is 72.0 Å². The van der Waals surface area contributed by atoms with Gasteiger partial charge in [0.25, 0.3) is 0 Å². The van der Waals surface area contributed by atoms with Crippen molar-refractivity contribution in [3.8, 4) is 28.1 Å². The Labute approximate surface area is 297 Å². The summed E-state index contributed by atoms with van der Waals surface area (Å²) < 4.78 is 11.0. The lowest BCUT2D eigenvalue weighted by molar-refractivity contribution is -0.133. The lowest BCUT2D eigenvalue weighted by Gasteiger charge is -2.27. The molecule has 2 aromatic heterocycles. The molecule has 51 heavy (non-hydrogen) atoms. The molecule has 0 radical (unpaired) electrons. The molecule has 5 aromatic rings. The van der Waals surface area contributed by atoms with Crippen LogP contribution in [0, 0.1) is 5.92 Å². The zero-order valence-corrected chi connectivity index (χ0v) is 30.3. The van der Waals surface area contributed by atoms with Crippen molar-refractivity contribution >= 4 is 39.7 Å². The maximum Gasteiger partial charge on any atom is 0.407 e. The van der Waals surface area contributed by atoms with E-state index < -0.39 is 6.09 Å². The molecule has 0 unspecified atom stereocenters. The summed E-state index contributed by atoms with van der Waals surface area (Å²) in [6.45, 7) is 11.9. The number of nitrogens with zero attached hydrogens (tertiary/aromatic N) is 4. The zero-order valence-electron chi connectivity index (χ0n) is 30.3. The highest BCUT2D eigenvalue weighted by molar-refractivity contribution is 6.07. The van der Waals surface area contributed by atoms with Gasteiger partial charge in [0.05, 0.1) is 43.1 Å². The molecule has 3 amide bonds. The first-order chi connectivity index (χ1) is 24.6. The number of H-pyrrole nitrogens is 2. The van der Waals surface area contributed by atoms with E-state index in [2.05, 4.69) is 75.3 Å². The summed E-state index contributed by atoms with van der Waals surface area (Å²) >= 11 is 0.